The largest absolute Gasteiger partial charge is 0.246 e. The first-order valence-electron chi connectivity index (χ1n) is 18.7. The monoisotopic (exact) mass is 724 g/mol. The van der Waals surface area contributed by atoms with E-state index in [2.05, 4.69) is 219 Å². The van der Waals surface area contributed by atoms with E-state index in [1.807, 2.05) is 0 Å². The third kappa shape index (κ3) is 5.63. The molecule has 0 saturated heterocycles. The highest BCUT2D eigenvalue weighted by atomic mass is 28.3. The summed E-state index contributed by atoms with van der Waals surface area (Å²) in [4.78, 5) is 11.5. The number of nitrogens with zero attached hydrogens (tertiary/aromatic N) is 2. The van der Waals surface area contributed by atoms with Gasteiger partial charge >= 0.3 is 0 Å². The minimum absolute atomic E-state index is 0.921. The summed E-state index contributed by atoms with van der Waals surface area (Å²) >= 11 is 0. The molecule has 2 nitrogen and oxygen atoms in total. The van der Waals surface area contributed by atoms with Crippen LogP contribution in [0.4, 0.5) is 11.4 Å². The Kier molecular flexibility index (Phi) is 8.70. The number of aliphatic imine (C=N–C) groups is 2. The van der Waals surface area contributed by atoms with Gasteiger partial charge in [0.25, 0.3) is 0 Å². The molecule has 0 unspecified atom stereocenters. The molecule has 0 N–H and O–H groups in total. The predicted molar refractivity (Wildman–Crippen MR) is 236 cm³/mol. The molecule has 0 radical (unpaired) electrons. The number of para-hydroxylation sites is 2. The van der Waals surface area contributed by atoms with Crippen molar-refractivity contribution in [2.24, 2.45) is 9.98 Å². The third-order valence-electron chi connectivity index (χ3n) is 11.4. The van der Waals surface area contributed by atoms with Gasteiger partial charge in [-0.1, -0.05) is 207 Å². The molecule has 54 heavy (non-hydrogen) atoms. The summed E-state index contributed by atoms with van der Waals surface area (Å²) in [6, 6.07) is 74.8. The summed E-state index contributed by atoms with van der Waals surface area (Å²) in [7, 11) is -4.97. The molecule has 0 aliphatic heterocycles. The zero-order chi connectivity index (χ0) is 36.5. The molecule has 0 aromatic heterocycles. The fraction of sp³-hybridized carbons (Fsp3) is 0.0400. The van der Waals surface area contributed by atoms with E-state index >= 15 is 0 Å². The number of rotatable bonds is 8. The Hall–Kier alpha value is -6.21. The first kappa shape index (κ1) is 33.6. The topological polar surface area (TPSA) is 24.7 Å². The molecule has 0 fully saturated rings. The second-order valence-electron chi connectivity index (χ2n) is 14.4. The average molecular weight is 725 g/mol. The second-order valence-corrected chi connectivity index (χ2v) is 22.3. The lowest BCUT2D eigenvalue weighted by Gasteiger charge is -2.31. The molecule has 4 heteroatoms. The Morgan fingerprint density at radius 3 is 0.981 bits per heavy atom. The second kappa shape index (κ2) is 14.0. The van der Waals surface area contributed by atoms with Crippen LogP contribution in [-0.2, 0) is 0 Å². The zero-order valence-corrected chi connectivity index (χ0v) is 32.5. The number of benzene rings is 8. The van der Waals surface area contributed by atoms with Crippen molar-refractivity contribution in [1.29, 1.82) is 0 Å². The van der Waals surface area contributed by atoms with Gasteiger partial charge in [-0.25, -0.2) is 9.98 Å². The molecule has 0 amide bonds. The van der Waals surface area contributed by atoms with Crippen LogP contribution in [0, 0.1) is 0 Å². The zero-order valence-electron chi connectivity index (χ0n) is 30.5. The molecular formula is C50H40N2Si2. The van der Waals surface area contributed by atoms with Gasteiger partial charge in [-0.05, 0) is 48.6 Å². The van der Waals surface area contributed by atoms with Gasteiger partial charge < -0.3 is 0 Å². The smallest absolute Gasteiger partial charge is 0.148 e. The summed E-state index contributed by atoms with van der Waals surface area (Å²) in [6.07, 6.45) is 0. The summed E-state index contributed by atoms with van der Waals surface area (Å²) in [6.45, 7) is 4.93. The Morgan fingerprint density at radius 1 is 0.315 bits per heavy atom. The minimum atomic E-state index is -2.48. The first-order valence-corrected chi connectivity index (χ1v) is 23.7. The quantitative estimate of drug-likeness (QED) is 0.111. The van der Waals surface area contributed by atoms with Gasteiger partial charge in [0, 0.05) is 16.5 Å². The van der Waals surface area contributed by atoms with Crippen molar-refractivity contribution in [2.75, 3.05) is 0 Å². The maximum absolute atomic E-state index is 5.73. The van der Waals surface area contributed by atoms with Crippen LogP contribution in [0.5, 0.6) is 0 Å². The van der Waals surface area contributed by atoms with Crippen molar-refractivity contribution in [3.05, 3.63) is 217 Å². The molecule has 0 atom stereocenters. The Morgan fingerprint density at radius 2 is 0.630 bits per heavy atom. The summed E-state index contributed by atoms with van der Waals surface area (Å²) in [5, 5.41) is 10.4. The van der Waals surface area contributed by atoms with Gasteiger partial charge in [-0.15, -0.1) is 0 Å². The Labute approximate surface area is 319 Å². The van der Waals surface area contributed by atoms with E-state index < -0.39 is 16.1 Å². The Balaban J connectivity index is 1.30. The van der Waals surface area contributed by atoms with Crippen molar-refractivity contribution < 1.29 is 0 Å². The first-order chi connectivity index (χ1) is 26.6. The van der Waals surface area contributed by atoms with E-state index in [0.717, 1.165) is 33.9 Å². The van der Waals surface area contributed by atoms with Gasteiger partial charge in [0.2, 0.25) is 0 Å². The molecule has 0 saturated carbocycles. The van der Waals surface area contributed by atoms with Crippen LogP contribution in [-0.4, -0.2) is 27.6 Å². The van der Waals surface area contributed by atoms with E-state index in [0.29, 0.717) is 0 Å². The molecule has 0 heterocycles. The molecule has 8 aromatic rings. The molecule has 1 aliphatic rings. The summed E-state index contributed by atoms with van der Waals surface area (Å²) in [5.41, 5.74) is 6.08. The lowest BCUT2D eigenvalue weighted by Crippen LogP contribution is -2.64. The van der Waals surface area contributed by atoms with Crippen LogP contribution in [0.15, 0.2) is 216 Å². The molecular weight excluding hydrogens is 685 g/mol. The molecule has 258 valence electrons. The van der Waals surface area contributed by atoms with E-state index in [9.17, 15) is 0 Å². The molecule has 9 rings (SSSR count). The minimum Gasteiger partial charge on any atom is -0.246 e. The molecule has 1 aliphatic carbocycles. The summed E-state index contributed by atoms with van der Waals surface area (Å²) in [5.74, 6) is 0. The van der Waals surface area contributed by atoms with Crippen molar-refractivity contribution >= 4 is 80.8 Å². The fourth-order valence-electron chi connectivity index (χ4n) is 8.49. The van der Waals surface area contributed by atoms with Crippen LogP contribution < -0.4 is 31.1 Å². The van der Waals surface area contributed by atoms with Gasteiger partial charge in [-0.3, -0.25) is 0 Å². The van der Waals surface area contributed by atoms with Crippen LogP contribution in [0.2, 0.25) is 13.1 Å². The normalized spacial score (nSPS) is 14.2. The van der Waals surface area contributed by atoms with Crippen LogP contribution in [0.25, 0.3) is 10.8 Å². The average Bonchev–Trinajstić information content (AvgIpc) is 3.54. The van der Waals surface area contributed by atoms with E-state index in [1.165, 1.54) is 41.9 Å². The van der Waals surface area contributed by atoms with Gasteiger partial charge in [0.1, 0.15) is 16.1 Å². The predicted octanol–water partition coefficient (Wildman–Crippen LogP) is 8.30. The Bertz CT molecular complexity index is 2410. The summed E-state index contributed by atoms with van der Waals surface area (Å²) < 4.78 is 0. The number of hydrogen-bond donors (Lipinski definition) is 0. The van der Waals surface area contributed by atoms with Crippen molar-refractivity contribution in [3.63, 3.8) is 0 Å². The SMILES string of the molecule is C[Si](c1ccccc1)(c1ccccc1)c1ccccc1N=C1C(=Nc2ccccc2[Si](C)(c2ccccc2)c2ccccc2)c2cccc3cccc1c23. The maximum atomic E-state index is 5.73. The highest BCUT2D eigenvalue weighted by Gasteiger charge is 2.38. The lowest BCUT2D eigenvalue weighted by molar-refractivity contribution is 1.51. The highest BCUT2D eigenvalue weighted by Crippen LogP contribution is 2.34. The van der Waals surface area contributed by atoms with E-state index in [1.54, 1.807) is 0 Å². The van der Waals surface area contributed by atoms with Crippen LogP contribution >= 0.6 is 0 Å². The lowest BCUT2D eigenvalue weighted by atomic mass is 10.1. The third-order valence-corrected chi connectivity index (χ3v) is 20.3. The van der Waals surface area contributed by atoms with Crippen molar-refractivity contribution in [1.82, 2.24) is 0 Å². The molecule has 8 aromatic carbocycles. The van der Waals surface area contributed by atoms with Crippen LogP contribution in [0.3, 0.4) is 0 Å². The fourth-order valence-corrected chi connectivity index (χ4v) is 16.0. The van der Waals surface area contributed by atoms with E-state index in [-0.39, 0.29) is 0 Å². The van der Waals surface area contributed by atoms with Crippen LogP contribution in [0.1, 0.15) is 11.1 Å². The highest BCUT2D eigenvalue weighted by molar-refractivity contribution is 7.12. The molecule has 0 bridgehead atoms. The van der Waals surface area contributed by atoms with Gasteiger partial charge in [0.05, 0.1) is 22.8 Å². The molecule has 0 spiro atoms. The van der Waals surface area contributed by atoms with Crippen molar-refractivity contribution in [2.45, 2.75) is 13.1 Å². The number of hydrogen-bond acceptors (Lipinski definition) is 2. The van der Waals surface area contributed by atoms with E-state index in [4.69, 9.17) is 9.98 Å². The standard InChI is InChI=1S/C50H40N2Si2/c1-53(38-23-7-3-8-24-38,39-25-9-4-10-26-39)46-35-17-15-33-44(46)51-49-42-31-19-21-37-22-20-32-43(48(37)42)50(49)52-45-34-16-18-36-47(45)54(2,40-27-11-5-12-28-40)41-29-13-6-14-30-41/h3-36H,1-2H3. The van der Waals surface area contributed by atoms with Crippen molar-refractivity contribution in [3.8, 4) is 0 Å². The van der Waals surface area contributed by atoms with Gasteiger partial charge in [-0.2, -0.15) is 0 Å². The van der Waals surface area contributed by atoms with Gasteiger partial charge in [0.15, 0.2) is 0 Å². The maximum Gasteiger partial charge on any atom is 0.148 e.